The highest BCUT2D eigenvalue weighted by molar-refractivity contribution is 5.98. The zero-order valence-electron chi connectivity index (χ0n) is 15.3. The van der Waals surface area contributed by atoms with Crippen molar-refractivity contribution in [2.75, 3.05) is 5.32 Å². The summed E-state index contributed by atoms with van der Waals surface area (Å²) in [5.41, 5.74) is 6.27. The minimum atomic E-state index is 0.789. The molecule has 0 unspecified atom stereocenters. The van der Waals surface area contributed by atoms with E-state index in [1.807, 2.05) is 31.2 Å². The number of hydrogen-bond donors (Lipinski definition) is 1. The highest BCUT2D eigenvalue weighted by Gasteiger charge is 2.13. The number of fused-ring (bicyclic) bond motifs is 1. The Labute approximate surface area is 159 Å². The molecule has 0 atom stereocenters. The molecule has 27 heavy (non-hydrogen) atoms. The van der Waals surface area contributed by atoms with Crippen LogP contribution in [0.5, 0.6) is 0 Å². The number of anilines is 2. The van der Waals surface area contributed by atoms with Gasteiger partial charge >= 0.3 is 0 Å². The first-order valence-corrected chi connectivity index (χ1v) is 9.03. The second kappa shape index (κ2) is 7.38. The van der Waals surface area contributed by atoms with Gasteiger partial charge in [-0.3, -0.25) is 0 Å². The molecule has 4 rings (SSSR count). The van der Waals surface area contributed by atoms with Crippen molar-refractivity contribution in [1.29, 1.82) is 0 Å². The van der Waals surface area contributed by atoms with Crippen molar-refractivity contribution in [1.82, 2.24) is 0 Å². The number of rotatable bonds is 5. The van der Waals surface area contributed by atoms with E-state index in [9.17, 15) is 0 Å². The average Bonchev–Trinajstić information content (AvgIpc) is 3.08. The van der Waals surface area contributed by atoms with Crippen LogP contribution in [-0.4, -0.2) is 0 Å². The summed E-state index contributed by atoms with van der Waals surface area (Å²) in [6.07, 6.45) is 5.83. The first kappa shape index (κ1) is 16.9. The van der Waals surface area contributed by atoms with Crippen molar-refractivity contribution in [3.63, 3.8) is 0 Å². The maximum atomic E-state index is 6.07. The fourth-order valence-electron chi connectivity index (χ4n) is 3.28. The molecule has 1 N–H and O–H groups in total. The molecule has 1 heterocycles. The van der Waals surface area contributed by atoms with Gasteiger partial charge in [0.2, 0.25) is 0 Å². The Kier molecular flexibility index (Phi) is 4.63. The Morgan fingerprint density at radius 2 is 1.59 bits per heavy atom. The van der Waals surface area contributed by atoms with Crippen molar-refractivity contribution >= 4 is 34.5 Å². The molecule has 132 valence electrons. The monoisotopic (exact) mass is 351 g/mol. The smallest absolute Gasteiger partial charge is 0.158 e. The molecular formula is C25H21NO. The van der Waals surface area contributed by atoms with E-state index in [-0.39, 0.29) is 0 Å². The van der Waals surface area contributed by atoms with Gasteiger partial charge in [-0.25, -0.2) is 0 Å². The van der Waals surface area contributed by atoms with Crippen LogP contribution in [0.4, 0.5) is 11.4 Å². The van der Waals surface area contributed by atoms with Crippen LogP contribution < -0.4 is 5.32 Å². The number of hydrogen-bond acceptors (Lipinski definition) is 2. The van der Waals surface area contributed by atoms with E-state index in [0.717, 1.165) is 33.7 Å². The summed E-state index contributed by atoms with van der Waals surface area (Å²) in [4.78, 5) is 0. The highest BCUT2D eigenvalue weighted by atomic mass is 16.3. The Bertz CT molecular complexity index is 1100. The average molecular weight is 351 g/mol. The van der Waals surface area contributed by atoms with Gasteiger partial charge in [-0.2, -0.15) is 0 Å². The van der Waals surface area contributed by atoms with E-state index in [4.69, 9.17) is 4.42 Å². The van der Waals surface area contributed by atoms with Gasteiger partial charge in [-0.15, -0.1) is 0 Å². The molecule has 0 saturated heterocycles. The van der Waals surface area contributed by atoms with Gasteiger partial charge in [0.15, 0.2) is 5.58 Å². The molecule has 0 aliphatic heterocycles. The van der Waals surface area contributed by atoms with Crippen LogP contribution in [0.2, 0.25) is 0 Å². The third-order valence-corrected chi connectivity index (χ3v) is 4.57. The maximum absolute atomic E-state index is 6.07. The first-order valence-electron chi connectivity index (χ1n) is 9.03. The molecule has 0 spiro atoms. The van der Waals surface area contributed by atoms with Crippen LogP contribution in [0.15, 0.2) is 89.9 Å². The van der Waals surface area contributed by atoms with Crippen LogP contribution in [0.3, 0.4) is 0 Å². The lowest BCUT2D eigenvalue weighted by Gasteiger charge is -2.08. The first-order chi connectivity index (χ1) is 13.3. The van der Waals surface area contributed by atoms with E-state index in [1.165, 1.54) is 11.1 Å². The summed E-state index contributed by atoms with van der Waals surface area (Å²) < 4.78 is 6.07. The fourth-order valence-corrected chi connectivity index (χ4v) is 3.28. The number of para-hydroxylation sites is 1. The highest BCUT2D eigenvalue weighted by Crippen LogP contribution is 2.34. The van der Waals surface area contributed by atoms with Crippen LogP contribution in [0, 0.1) is 0 Å². The van der Waals surface area contributed by atoms with Crippen molar-refractivity contribution in [3.05, 3.63) is 96.8 Å². The van der Waals surface area contributed by atoms with E-state index >= 15 is 0 Å². The van der Waals surface area contributed by atoms with Gasteiger partial charge in [0.25, 0.3) is 0 Å². The van der Waals surface area contributed by atoms with Crippen LogP contribution in [-0.2, 0) is 0 Å². The van der Waals surface area contributed by atoms with Gasteiger partial charge in [-0.05, 0) is 42.3 Å². The summed E-state index contributed by atoms with van der Waals surface area (Å²) in [5.74, 6) is 0.789. The molecule has 2 nitrogen and oxygen atoms in total. The molecule has 0 amide bonds. The van der Waals surface area contributed by atoms with Gasteiger partial charge in [0.1, 0.15) is 5.76 Å². The second-order valence-electron chi connectivity index (χ2n) is 6.33. The number of nitrogens with one attached hydrogen (secondary N) is 1. The predicted octanol–water partition coefficient (Wildman–Crippen LogP) is 7.52. The number of benzene rings is 3. The molecule has 0 aliphatic carbocycles. The number of allylic oxidation sites excluding steroid dienone is 1. The minimum absolute atomic E-state index is 0.789. The fraction of sp³-hybridized carbons (Fsp3) is 0.0400. The van der Waals surface area contributed by atoms with E-state index in [0.29, 0.717) is 0 Å². The molecule has 2 heteroatoms. The third-order valence-electron chi connectivity index (χ3n) is 4.57. The summed E-state index contributed by atoms with van der Waals surface area (Å²) >= 11 is 0. The normalized spacial score (nSPS) is 11.1. The maximum Gasteiger partial charge on any atom is 0.158 e. The van der Waals surface area contributed by atoms with Crippen molar-refractivity contribution in [2.24, 2.45) is 0 Å². The van der Waals surface area contributed by atoms with E-state index < -0.39 is 0 Å². The van der Waals surface area contributed by atoms with Crippen LogP contribution >= 0.6 is 0 Å². The standard InChI is InChI=1S/C25H21NO/c1-3-9-21-22-12-8-13-23(25(22)27-24(21)4-2)26-20-16-14-19(15-17-20)18-10-6-5-7-11-18/h3-17,26H,2H2,1H3/b9-3-. The second-order valence-corrected chi connectivity index (χ2v) is 6.33. The third kappa shape index (κ3) is 3.30. The lowest BCUT2D eigenvalue weighted by Crippen LogP contribution is -1.90. The Hall–Kier alpha value is -3.52. The molecule has 0 aliphatic rings. The van der Waals surface area contributed by atoms with Gasteiger partial charge < -0.3 is 9.73 Å². The van der Waals surface area contributed by atoms with E-state index in [2.05, 4.69) is 72.6 Å². The largest absolute Gasteiger partial charge is 0.454 e. The topological polar surface area (TPSA) is 25.2 Å². The molecular weight excluding hydrogens is 330 g/mol. The molecule has 0 fully saturated rings. The van der Waals surface area contributed by atoms with Gasteiger partial charge in [0.05, 0.1) is 5.69 Å². The molecule has 4 aromatic rings. The number of furan rings is 1. The van der Waals surface area contributed by atoms with E-state index in [1.54, 1.807) is 6.08 Å². The molecule has 1 aromatic heterocycles. The van der Waals surface area contributed by atoms with Gasteiger partial charge in [0, 0.05) is 16.6 Å². The minimum Gasteiger partial charge on any atom is -0.454 e. The molecule has 0 bridgehead atoms. The quantitative estimate of drug-likeness (QED) is 0.402. The van der Waals surface area contributed by atoms with Crippen molar-refractivity contribution in [3.8, 4) is 11.1 Å². The Morgan fingerprint density at radius 3 is 2.30 bits per heavy atom. The lowest BCUT2D eigenvalue weighted by molar-refractivity contribution is 0.604. The van der Waals surface area contributed by atoms with Crippen LogP contribution in [0.25, 0.3) is 34.2 Å². The predicted molar refractivity (Wildman–Crippen MR) is 116 cm³/mol. The Balaban J connectivity index is 1.68. The zero-order chi connectivity index (χ0) is 18.6. The zero-order valence-corrected chi connectivity index (χ0v) is 15.3. The van der Waals surface area contributed by atoms with Crippen molar-refractivity contribution < 1.29 is 4.42 Å². The Morgan fingerprint density at radius 1 is 0.852 bits per heavy atom. The van der Waals surface area contributed by atoms with Crippen LogP contribution in [0.1, 0.15) is 18.2 Å². The molecule has 0 saturated carbocycles. The molecule has 0 radical (unpaired) electrons. The molecule has 3 aromatic carbocycles. The summed E-state index contributed by atoms with van der Waals surface area (Å²) in [5, 5.41) is 4.56. The van der Waals surface area contributed by atoms with Gasteiger partial charge in [-0.1, -0.05) is 73.3 Å². The summed E-state index contributed by atoms with van der Waals surface area (Å²) in [6.45, 7) is 5.88. The SMILES string of the molecule is C=Cc1oc2c(Nc3ccc(-c4ccccc4)cc3)cccc2c1/C=C\C. The lowest BCUT2D eigenvalue weighted by atomic mass is 10.1. The summed E-state index contributed by atoms with van der Waals surface area (Å²) in [7, 11) is 0. The van der Waals surface area contributed by atoms with Crippen molar-refractivity contribution in [2.45, 2.75) is 6.92 Å². The summed E-state index contributed by atoms with van der Waals surface area (Å²) in [6, 6.07) is 24.9.